The molecule has 0 fully saturated rings. The average Bonchev–Trinajstić information content (AvgIpc) is 2.22. The summed E-state index contributed by atoms with van der Waals surface area (Å²) in [5.74, 6) is -0.363. The quantitative estimate of drug-likeness (QED) is 0.750. The molecule has 0 saturated heterocycles. The van der Waals surface area contributed by atoms with Gasteiger partial charge in [-0.2, -0.15) is 0 Å². The second-order valence-corrected chi connectivity index (χ2v) is 5.06. The van der Waals surface area contributed by atoms with Gasteiger partial charge in [-0.1, -0.05) is 6.07 Å². The van der Waals surface area contributed by atoms with Crippen LogP contribution >= 0.6 is 0 Å². The Bertz CT molecular complexity index is 703. The van der Waals surface area contributed by atoms with Crippen molar-refractivity contribution in [2.75, 3.05) is 0 Å². The van der Waals surface area contributed by atoms with E-state index in [1.807, 2.05) is 0 Å². The zero-order valence-corrected chi connectivity index (χ0v) is 9.65. The van der Waals surface area contributed by atoms with Crippen LogP contribution in [-0.4, -0.2) is 23.2 Å². The Labute approximate surface area is 97.7 Å². The fourth-order valence-corrected chi connectivity index (χ4v) is 2.45. The number of phenols is 2. The first-order valence-electron chi connectivity index (χ1n) is 4.72. The van der Waals surface area contributed by atoms with Crippen molar-refractivity contribution >= 4 is 20.9 Å². The van der Waals surface area contributed by atoms with Crippen LogP contribution in [0, 0.1) is 6.92 Å². The van der Waals surface area contributed by atoms with E-state index in [9.17, 15) is 23.2 Å². The maximum atomic E-state index is 11.0. The van der Waals surface area contributed by atoms with Crippen molar-refractivity contribution in [3.8, 4) is 11.5 Å². The smallest absolute Gasteiger partial charge is 0.127 e. The van der Waals surface area contributed by atoms with Crippen LogP contribution in [0.4, 0.5) is 0 Å². The number of benzene rings is 2. The molecule has 2 aromatic rings. The summed E-state index contributed by atoms with van der Waals surface area (Å²) in [4.78, 5) is -0.451. The third kappa shape index (κ3) is 1.92. The van der Waals surface area contributed by atoms with Gasteiger partial charge in [-0.3, -0.25) is 0 Å². The van der Waals surface area contributed by atoms with Gasteiger partial charge < -0.3 is 14.8 Å². The van der Waals surface area contributed by atoms with Crippen LogP contribution in [0.1, 0.15) is 5.56 Å². The van der Waals surface area contributed by atoms with Crippen LogP contribution in [0.5, 0.6) is 11.5 Å². The predicted molar refractivity (Wildman–Crippen MR) is 60.0 cm³/mol. The number of hydrogen-bond donors (Lipinski definition) is 2. The zero-order chi connectivity index (χ0) is 12.8. The summed E-state index contributed by atoms with van der Waals surface area (Å²) in [5.41, 5.74) is -0.0156. The van der Waals surface area contributed by atoms with Crippen LogP contribution in [0.15, 0.2) is 29.2 Å². The summed E-state index contributed by atoms with van der Waals surface area (Å²) in [6.07, 6.45) is 0. The van der Waals surface area contributed by atoms with Crippen molar-refractivity contribution < 1.29 is 23.2 Å². The van der Waals surface area contributed by atoms with Crippen LogP contribution in [0.2, 0.25) is 0 Å². The molecule has 0 heterocycles. The van der Waals surface area contributed by atoms with Crippen LogP contribution in [0.25, 0.3) is 10.8 Å². The van der Waals surface area contributed by atoms with E-state index in [4.69, 9.17) is 0 Å². The van der Waals surface area contributed by atoms with E-state index in [1.54, 1.807) is 0 Å². The molecular formula is C11H9O5S-. The SMILES string of the molecule is Cc1c(S(=O)(=O)[O-])cc2ccc(O)cc2c1O. The minimum Gasteiger partial charge on any atom is -0.744 e. The molecule has 90 valence electrons. The normalized spacial score (nSPS) is 11.9. The van der Waals surface area contributed by atoms with E-state index in [0.717, 1.165) is 0 Å². The Morgan fingerprint density at radius 1 is 1.18 bits per heavy atom. The monoisotopic (exact) mass is 253 g/mol. The third-order valence-electron chi connectivity index (χ3n) is 2.57. The van der Waals surface area contributed by atoms with Gasteiger partial charge in [0.25, 0.3) is 0 Å². The molecule has 0 amide bonds. The summed E-state index contributed by atoms with van der Waals surface area (Å²) >= 11 is 0. The molecule has 2 N–H and O–H groups in total. The van der Waals surface area contributed by atoms with Crippen molar-refractivity contribution in [3.63, 3.8) is 0 Å². The fourth-order valence-electron chi connectivity index (χ4n) is 1.70. The lowest BCUT2D eigenvalue weighted by atomic mass is 10.1. The highest BCUT2D eigenvalue weighted by Gasteiger charge is 2.13. The van der Waals surface area contributed by atoms with Gasteiger partial charge in [-0.25, -0.2) is 8.42 Å². The molecule has 0 spiro atoms. The van der Waals surface area contributed by atoms with E-state index >= 15 is 0 Å². The maximum Gasteiger partial charge on any atom is 0.127 e. The largest absolute Gasteiger partial charge is 0.744 e. The average molecular weight is 253 g/mol. The van der Waals surface area contributed by atoms with Crippen molar-refractivity contribution in [2.24, 2.45) is 0 Å². The maximum absolute atomic E-state index is 11.0. The van der Waals surface area contributed by atoms with Crippen molar-refractivity contribution in [1.29, 1.82) is 0 Å². The van der Waals surface area contributed by atoms with Crippen LogP contribution < -0.4 is 0 Å². The van der Waals surface area contributed by atoms with Crippen molar-refractivity contribution in [2.45, 2.75) is 11.8 Å². The number of hydrogen-bond acceptors (Lipinski definition) is 5. The molecule has 0 aliphatic rings. The lowest BCUT2D eigenvalue weighted by Gasteiger charge is -2.14. The molecule has 0 unspecified atom stereocenters. The molecule has 0 atom stereocenters. The highest BCUT2D eigenvalue weighted by Crippen LogP contribution is 2.34. The molecular weight excluding hydrogens is 244 g/mol. The molecule has 0 aliphatic carbocycles. The fraction of sp³-hybridized carbons (Fsp3) is 0.0909. The van der Waals surface area contributed by atoms with Gasteiger partial charge in [-0.05, 0) is 30.5 Å². The van der Waals surface area contributed by atoms with E-state index in [1.165, 1.54) is 31.2 Å². The summed E-state index contributed by atoms with van der Waals surface area (Å²) in [7, 11) is -4.63. The van der Waals surface area contributed by atoms with Crippen molar-refractivity contribution in [3.05, 3.63) is 29.8 Å². The lowest BCUT2D eigenvalue weighted by Crippen LogP contribution is -2.01. The molecule has 5 nitrogen and oxygen atoms in total. The molecule has 0 aromatic heterocycles. The van der Waals surface area contributed by atoms with E-state index in [2.05, 4.69) is 0 Å². The van der Waals surface area contributed by atoms with Crippen molar-refractivity contribution in [1.82, 2.24) is 0 Å². The minimum atomic E-state index is -4.63. The molecule has 0 saturated carbocycles. The lowest BCUT2D eigenvalue weighted by molar-refractivity contribution is 0.455. The third-order valence-corrected chi connectivity index (χ3v) is 3.54. The topological polar surface area (TPSA) is 97.7 Å². The predicted octanol–water partition coefficient (Wildman–Crippen LogP) is 1.46. The first-order chi connectivity index (χ1) is 7.80. The minimum absolute atomic E-state index is 0.0156. The zero-order valence-electron chi connectivity index (χ0n) is 8.84. The Morgan fingerprint density at radius 2 is 1.82 bits per heavy atom. The summed E-state index contributed by atoms with van der Waals surface area (Å²) < 4.78 is 33.0. The van der Waals surface area contributed by atoms with E-state index < -0.39 is 15.0 Å². The highest BCUT2D eigenvalue weighted by molar-refractivity contribution is 7.85. The Balaban J connectivity index is 2.94. The Morgan fingerprint density at radius 3 is 2.41 bits per heavy atom. The molecule has 2 rings (SSSR count). The van der Waals surface area contributed by atoms with Gasteiger partial charge in [0.15, 0.2) is 0 Å². The van der Waals surface area contributed by atoms with Gasteiger partial charge in [0.1, 0.15) is 21.6 Å². The van der Waals surface area contributed by atoms with Crippen LogP contribution in [-0.2, 0) is 10.1 Å². The summed E-state index contributed by atoms with van der Waals surface area (Å²) in [5, 5.41) is 19.8. The molecule has 0 radical (unpaired) electrons. The molecule has 17 heavy (non-hydrogen) atoms. The van der Waals surface area contributed by atoms with Gasteiger partial charge in [-0.15, -0.1) is 0 Å². The first-order valence-corrected chi connectivity index (χ1v) is 6.12. The first kappa shape index (κ1) is 11.7. The van der Waals surface area contributed by atoms with Crippen LogP contribution in [0.3, 0.4) is 0 Å². The van der Waals surface area contributed by atoms with E-state index in [-0.39, 0.29) is 17.1 Å². The Hall–Kier alpha value is -1.79. The molecule has 2 aromatic carbocycles. The standard InChI is InChI=1S/C11H10O5S/c1-6-10(17(14,15)16)4-7-2-3-8(12)5-9(7)11(6)13/h2-5,12-13H,1H3,(H,14,15,16)/p-1. The molecule has 0 bridgehead atoms. The number of aromatic hydroxyl groups is 2. The number of fused-ring (bicyclic) bond motifs is 1. The van der Waals surface area contributed by atoms with Gasteiger partial charge >= 0.3 is 0 Å². The van der Waals surface area contributed by atoms with Gasteiger partial charge in [0.05, 0.1) is 4.90 Å². The number of rotatable bonds is 1. The number of phenolic OH excluding ortho intramolecular Hbond substituents is 2. The molecule has 6 heteroatoms. The van der Waals surface area contributed by atoms with Gasteiger partial charge in [0.2, 0.25) is 0 Å². The summed E-state index contributed by atoms with van der Waals surface area (Å²) in [6, 6.07) is 5.27. The highest BCUT2D eigenvalue weighted by atomic mass is 32.2. The van der Waals surface area contributed by atoms with Gasteiger partial charge in [0, 0.05) is 10.9 Å². The Kier molecular flexibility index (Phi) is 2.48. The second kappa shape index (κ2) is 3.61. The second-order valence-electron chi connectivity index (χ2n) is 3.71. The molecule has 0 aliphatic heterocycles. The van der Waals surface area contributed by atoms with E-state index in [0.29, 0.717) is 10.8 Å². The summed E-state index contributed by atoms with van der Waals surface area (Å²) in [6.45, 7) is 1.34.